The van der Waals surface area contributed by atoms with Gasteiger partial charge in [0.15, 0.2) is 11.6 Å². The van der Waals surface area contributed by atoms with Crippen molar-refractivity contribution >= 4 is 45.9 Å². The SMILES string of the molecule is Clc1ccc(Cl)c(CN2CCN(c3nc4ccccc4nc3NC3CCC3)CC2)c1. The predicted molar refractivity (Wildman–Crippen MR) is 125 cm³/mol. The number of piperazine rings is 1. The van der Waals surface area contributed by atoms with E-state index in [0.29, 0.717) is 6.04 Å². The molecule has 0 unspecified atom stereocenters. The van der Waals surface area contributed by atoms with E-state index in [-0.39, 0.29) is 0 Å². The predicted octanol–water partition coefficient (Wildman–Crippen LogP) is 5.22. The van der Waals surface area contributed by atoms with E-state index >= 15 is 0 Å². The zero-order valence-electron chi connectivity index (χ0n) is 16.8. The van der Waals surface area contributed by atoms with Crippen molar-refractivity contribution in [1.29, 1.82) is 0 Å². The second-order valence-corrected chi connectivity index (χ2v) is 9.00. The average molecular weight is 442 g/mol. The largest absolute Gasteiger partial charge is 0.364 e. The maximum atomic E-state index is 6.36. The lowest BCUT2D eigenvalue weighted by atomic mass is 9.93. The van der Waals surface area contributed by atoms with Gasteiger partial charge in [0.05, 0.1) is 11.0 Å². The maximum absolute atomic E-state index is 6.36. The van der Waals surface area contributed by atoms with E-state index in [0.717, 1.165) is 71.0 Å². The van der Waals surface area contributed by atoms with Crippen LogP contribution in [0.25, 0.3) is 11.0 Å². The molecule has 1 aliphatic carbocycles. The molecule has 1 aliphatic heterocycles. The number of fused-ring (bicyclic) bond motifs is 1. The summed E-state index contributed by atoms with van der Waals surface area (Å²) in [6, 6.07) is 14.3. The van der Waals surface area contributed by atoms with Gasteiger partial charge < -0.3 is 10.2 Å². The van der Waals surface area contributed by atoms with Crippen LogP contribution in [0.1, 0.15) is 24.8 Å². The van der Waals surface area contributed by atoms with E-state index in [9.17, 15) is 0 Å². The Kier molecular flexibility index (Phi) is 5.68. The zero-order chi connectivity index (χ0) is 20.5. The molecular weight excluding hydrogens is 417 g/mol. The van der Waals surface area contributed by atoms with Gasteiger partial charge in [-0.2, -0.15) is 0 Å². The average Bonchev–Trinajstić information content (AvgIpc) is 2.73. The molecule has 1 N–H and O–H groups in total. The van der Waals surface area contributed by atoms with Crippen LogP contribution in [0.4, 0.5) is 11.6 Å². The number of aromatic nitrogens is 2. The van der Waals surface area contributed by atoms with Crippen LogP contribution < -0.4 is 10.2 Å². The third-order valence-electron chi connectivity index (χ3n) is 6.07. The third-order valence-corrected chi connectivity index (χ3v) is 6.68. The minimum Gasteiger partial charge on any atom is -0.364 e. The van der Waals surface area contributed by atoms with Crippen molar-refractivity contribution in [3.63, 3.8) is 0 Å². The highest BCUT2D eigenvalue weighted by molar-refractivity contribution is 6.33. The second-order valence-electron chi connectivity index (χ2n) is 8.16. The van der Waals surface area contributed by atoms with Crippen LogP contribution in [-0.4, -0.2) is 47.1 Å². The molecule has 1 saturated carbocycles. The van der Waals surface area contributed by atoms with Crippen molar-refractivity contribution in [3.8, 4) is 0 Å². The highest BCUT2D eigenvalue weighted by Crippen LogP contribution is 2.30. The first kappa shape index (κ1) is 19.9. The summed E-state index contributed by atoms with van der Waals surface area (Å²) < 4.78 is 0. The van der Waals surface area contributed by atoms with E-state index in [2.05, 4.69) is 15.1 Å². The van der Waals surface area contributed by atoms with E-state index in [1.54, 1.807) is 0 Å². The van der Waals surface area contributed by atoms with Gasteiger partial charge in [-0.1, -0.05) is 35.3 Å². The van der Waals surface area contributed by atoms with Gasteiger partial charge in [-0.25, -0.2) is 9.97 Å². The Morgan fingerprint density at radius 2 is 1.67 bits per heavy atom. The molecule has 1 aromatic heterocycles. The number of hydrogen-bond donors (Lipinski definition) is 1. The Morgan fingerprint density at radius 1 is 0.933 bits per heavy atom. The Balaban J connectivity index is 1.33. The van der Waals surface area contributed by atoms with Crippen LogP contribution >= 0.6 is 23.2 Å². The lowest BCUT2D eigenvalue weighted by Crippen LogP contribution is -2.46. The summed E-state index contributed by atoms with van der Waals surface area (Å²) in [5.74, 6) is 1.89. The number of halogens is 2. The first-order valence-electron chi connectivity index (χ1n) is 10.6. The van der Waals surface area contributed by atoms with Gasteiger partial charge >= 0.3 is 0 Å². The van der Waals surface area contributed by atoms with Gasteiger partial charge in [-0.3, -0.25) is 4.90 Å². The van der Waals surface area contributed by atoms with Gasteiger partial charge in [-0.05, 0) is 55.2 Å². The van der Waals surface area contributed by atoms with Crippen LogP contribution in [-0.2, 0) is 6.54 Å². The Labute approximate surface area is 187 Å². The fraction of sp³-hybridized carbons (Fsp3) is 0.391. The summed E-state index contributed by atoms with van der Waals surface area (Å²) in [4.78, 5) is 14.7. The highest BCUT2D eigenvalue weighted by atomic mass is 35.5. The van der Waals surface area contributed by atoms with Crippen molar-refractivity contribution < 1.29 is 0 Å². The monoisotopic (exact) mass is 441 g/mol. The molecule has 0 amide bonds. The van der Waals surface area contributed by atoms with Crippen LogP contribution in [0, 0.1) is 0 Å². The fourth-order valence-corrected chi connectivity index (χ4v) is 4.45. The summed E-state index contributed by atoms with van der Waals surface area (Å²) in [5.41, 5.74) is 2.97. The zero-order valence-corrected chi connectivity index (χ0v) is 18.3. The van der Waals surface area contributed by atoms with Crippen LogP contribution in [0.2, 0.25) is 10.0 Å². The van der Waals surface area contributed by atoms with Crippen molar-refractivity contribution in [2.24, 2.45) is 0 Å². The van der Waals surface area contributed by atoms with Gasteiger partial charge in [0.1, 0.15) is 0 Å². The Hall–Kier alpha value is -2.08. The number of rotatable bonds is 5. The van der Waals surface area contributed by atoms with Gasteiger partial charge in [0.25, 0.3) is 0 Å². The number of para-hydroxylation sites is 2. The Bertz CT molecular complexity index is 1040. The molecule has 7 heteroatoms. The van der Waals surface area contributed by atoms with Crippen LogP contribution in [0.3, 0.4) is 0 Å². The number of hydrogen-bond acceptors (Lipinski definition) is 5. The molecular formula is C23H25Cl2N5. The molecule has 0 bridgehead atoms. The van der Waals surface area contributed by atoms with Crippen molar-refractivity contribution in [2.75, 3.05) is 36.4 Å². The number of benzene rings is 2. The molecule has 30 heavy (non-hydrogen) atoms. The van der Waals surface area contributed by atoms with E-state index < -0.39 is 0 Å². The first-order chi connectivity index (χ1) is 14.7. The van der Waals surface area contributed by atoms with Gasteiger partial charge in [-0.15, -0.1) is 0 Å². The lowest BCUT2D eigenvalue weighted by molar-refractivity contribution is 0.249. The van der Waals surface area contributed by atoms with E-state index in [1.807, 2.05) is 42.5 Å². The standard InChI is InChI=1S/C23H25Cl2N5/c24-17-8-9-19(25)16(14-17)15-29-10-12-30(13-11-29)23-22(26-18-4-3-5-18)27-20-6-1-2-7-21(20)28-23/h1-2,6-9,14,18H,3-5,10-13,15H2,(H,26,27). The minimum atomic E-state index is 0.519. The normalized spacial score (nSPS) is 17.9. The summed E-state index contributed by atoms with van der Waals surface area (Å²) in [7, 11) is 0. The van der Waals surface area contributed by atoms with E-state index in [1.165, 1.54) is 19.3 Å². The smallest absolute Gasteiger partial charge is 0.172 e. The summed E-state index contributed by atoms with van der Waals surface area (Å²) in [6.45, 7) is 4.51. The van der Waals surface area contributed by atoms with Crippen molar-refractivity contribution in [1.82, 2.24) is 14.9 Å². The number of nitrogens with zero attached hydrogens (tertiary/aromatic N) is 4. The molecule has 2 fully saturated rings. The second kappa shape index (κ2) is 8.58. The molecule has 2 heterocycles. The van der Waals surface area contributed by atoms with Gasteiger partial charge in [0, 0.05) is 48.8 Å². The quantitative estimate of drug-likeness (QED) is 0.587. The molecule has 2 aromatic carbocycles. The maximum Gasteiger partial charge on any atom is 0.172 e. The number of nitrogens with one attached hydrogen (secondary N) is 1. The summed E-state index contributed by atoms with van der Waals surface area (Å²) in [6.07, 6.45) is 3.71. The molecule has 3 aromatic rings. The first-order valence-corrected chi connectivity index (χ1v) is 11.4. The summed E-state index contributed by atoms with van der Waals surface area (Å²) in [5, 5.41) is 5.14. The highest BCUT2D eigenvalue weighted by Gasteiger charge is 2.25. The number of anilines is 2. The summed E-state index contributed by atoms with van der Waals surface area (Å²) >= 11 is 12.5. The van der Waals surface area contributed by atoms with Crippen molar-refractivity contribution in [3.05, 3.63) is 58.1 Å². The minimum absolute atomic E-state index is 0.519. The molecule has 0 radical (unpaired) electrons. The fourth-order valence-electron chi connectivity index (χ4n) is 4.08. The topological polar surface area (TPSA) is 44.3 Å². The molecule has 2 aliphatic rings. The lowest BCUT2D eigenvalue weighted by Gasteiger charge is -2.37. The van der Waals surface area contributed by atoms with Crippen molar-refractivity contribution in [2.45, 2.75) is 31.8 Å². The third kappa shape index (κ3) is 4.20. The molecule has 5 nitrogen and oxygen atoms in total. The van der Waals surface area contributed by atoms with E-state index in [4.69, 9.17) is 33.2 Å². The molecule has 1 saturated heterocycles. The molecule has 156 valence electrons. The molecule has 0 spiro atoms. The molecule has 5 rings (SSSR count). The Morgan fingerprint density at radius 3 is 2.37 bits per heavy atom. The van der Waals surface area contributed by atoms with Crippen LogP contribution in [0.5, 0.6) is 0 Å². The van der Waals surface area contributed by atoms with Crippen LogP contribution in [0.15, 0.2) is 42.5 Å². The van der Waals surface area contributed by atoms with Gasteiger partial charge in [0.2, 0.25) is 0 Å². The molecule has 0 atom stereocenters.